The Bertz CT molecular complexity index is 422. The average Bonchev–Trinajstić information content (AvgIpc) is 2.67. The number of aliphatic hydroxyl groups excluding tert-OH is 1. The third kappa shape index (κ3) is 2.80. The lowest BCUT2D eigenvalue weighted by molar-refractivity contribution is 0.141. The Morgan fingerprint density at radius 3 is 3.06 bits per heavy atom. The molecule has 0 fully saturated rings. The van der Waals surface area contributed by atoms with Crippen LogP contribution in [-0.2, 0) is 11.2 Å². The lowest BCUT2D eigenvalue weighted by atomic mass is 10.1. The van der Waals surface area contributed by atoms with Crippen LogP contribution in [0.4, 0.5) is 4.79 Å². The molecule has 2 amide bonds. The maximum atomic E-state index is 11.6. The zero-order valence-corrected chi connectivity index (χ0v) is 10.3. The second-order valence-electron chi connectivity index (χ2n) is 4.34. The summed E-state index contributed by atoms with van der Waals surface area (Å²) < 4.78 is 4.85. The minimum absolute atomic E-state index is 0.284. The standard InChI is InChI=1S/C13H18N2O3/c1-18-7-6-14-13(17)15-12-10-5-3-2-4-9(10)8-11(12)16/h2-5,11-12,16H,6-8H2,1H3,(H2,14,15,17). The van der Waals surface area contributed by atoms with Gasteiger partial charge in [0, 0.05) is 20.1 Å². The van der Waals surface area contributed by atoms with Crippen molar-refractivity contribution in [2.45, 2.75) is 18.6 Å². The maximum absolute atomic E-state index is 11.6. The molecule has 98 valence electrons. The predicted octanol–water partition coefficient (Wildman–Crippen LogP) is 0.590. The molecule has 0 radical (unpaired) electrons. The summed E-state index contributed by atoms with van der Waals surface area (Å²) in [5.41, 5.74) is 2.08. The van der Waals surface area contributed by atoms with Crippen LogP contribution in [-0.4, -0.2) is 37.5 Å². The van der Waals surface area contributed by atoms with E-state index in [4.69, 9.17) is 4.74 Å². The van der Waals surface area contributed by atoms with Crippen molar-refractivity contribution >= 4 is 6.03 Å². The van der Waals surface area contributed by atoms with Gasteiger partial charge in [-0.25, -0.2) is 4.79 Å². The van der Waals surface area contributed by atoms with Gasteiger partial charge in [0.1, 0.15) is 0 Å². The summed E-state index contributed by atoms with van der Waals surface area (Å²) in [4.78, 5) is 11.6. The van der Waals surface area contributed by atoms with Crippen LogP contribution in [0, 0.1) is 0 Å². The molecule has 1 aromatic carbocycles. The minimum Gasteiger partial charge on any atom is -0.390 e. The molecule has 0 bridgehead atoms. The first-order chi connectivity index (χ1) is 8.72. The number of methoxy groups -OCH3 is 1. The number of amides is 2. The number of carbonyl (C=O) groups is 1. The van der Waals surface area contributed by atoms with E-state index in [0.717, 1.165) is 11.1 Å². The summed E-state index contributed by atoms with van der Waals surface area (Å²) in [6.07, 6.45) is 0.0229. The zero-order chi connectivity index (χ0) is 13.0. The van der Waals surface area contributed by atoms with Crippen molar-refractivity contribution < 1.29 is 14.6 Å². The lowest BCUT2D eigenvalue weighted by Gasteiger charge is -2.18. The van der Waals surface area contributed by atoms with Gasteiger partial charge in [0.05, 0.1) is 18.8 Å². The quantitative estimate of drug-likeness (QED) is 0.685. The molecule has 0 saturated heterocycles. The van der Waals surface area contributed by atoms with Gasteiger partial charge in [0.15, 0.2) is 0 Å². The van der Waals surface area contributed by atoms with Gasteiger partial charge in [-0.2, -0.15) is 0 Å². The number of ether oxygens (including phenoxy) is 1. The van der Waals surface area contributed by atoms with Gasteiger partial charge in [0.2, 0.25) is 0 Å². The first kappa shape index (κ1) is 12.9. The Hall–Kier alpha value is -1.59. The molecule has 3 N–H and O–H groups in total. The van der Waals surface area contributed by atoms with Crippen molar-refractivity contribution in [3.63, 3.8) is 0 Å². The van der Waals surface area contributed by atoms with Crippen LogP contribution in [0.15, 0.2) is 24.3 Å². The van der Waals surface area contributed by atoms with E-state index >= 15 is 0 Å². The van der Waals surface area contributed by atoms with Crippen LogP contribution >= 0.6 is 0 Å². The number of carbonyl (C=O) groups excluding carboxylic acids is 1. The van der Waals surface area contributed by atoms with Crippen LogP contribution in [0.5, 0.6) is 0 Å². The largest absolute Gasteiger partial charge is 0.390 e. The fourth-order valence-corrected chi connectivity index (χ4v) is 2.21. The molecule has 0 aromatic heterocycles. The van der Waals surface area contributed by atoms with Gasteiger partial charge in [-0.15, -0.1) is 0 Å². The Kier molecular flexibility index (Phi) is 4.17. The molecule has 1 aromatic rings. The second kappa shape index (κ2) is 5.84. The summed E-state index contributed by atoms with van der Waals surface area (Å²) in [5.74, 6) is 0. The van der Waals surface area contributed by atoms with Crippen LogP contribution in [0.1, 0.15) is 17.2 Å². The van der Waals surface area contributed by atoms with Gasteiger partial charge in [0.25, 0.3) is 0 Å². The highest BCUT2D eigenvalue weighted by atomic mass is 16.5. The number of urea groups is 1. The Labute approximate surface area is 106 Å². The Morgan fingerprint density at radius 1 is 1.50 bits per heavy atom. The van der Waals surface area contributed by atoms with Gasteiger partial charge < -0.3 is 20.5 Å². The number of fused-ring (bicyclic) bond motifs is 1. The van der Waals surface area contributed by atoms with Crippen molar-refractivity contribution in [3.05, 3.63) is 35.4 Å². The topological polar surface area (TPSA) is 70.6 Å². The molecule has 2 unspecified atom stereocenters. The first-order valence-corrected chi connectivity index (χ1v) is 6.01. The van der Waals surface area contributed by atoms with E-state index in [0.29, 0.717) is 19.6 Å². The predicted molar refractivity (Wildman–Crippen MR) is 67.3 cm³/mol. The van der Waals surface area contributed by atoms with Gasteiger partial charge in [-0.3, -0.25) is 0 Å². The number of nitrogens with one attached hydrogen (secondary N) is 2. The fourth-order valence-electron chi connectivity index (χ4n) is 2.21. The summed E-state index contributed by atoms with van der Waals surface area (Å²) in [6, 6.07) is 7.15. The monoisotopic (exact) mass is 250 g/mol. The highest BCUT2D eigenvalue weighted by Gasteiger charge is 2.31. The van der Waals surface area contributed by atoms with E-state index in [1.54, 1.807) is 7.11 Å². The van der Waals surface area contributed by atoms with Crippen molar-refractivity contribution in [3.8, 4) is 0 Å². The molecular formula is C13H18N2O3. The van der Waals surface area contributed by atoms with E-state index in [-0.39, 0.29) is 12.1 Å². The zero-order valence-electron chi connectivity index (χ0n) is 10.3. The number of benzene rings is 1. The molecule has 5 nitrogen and oxygen atoms in total. The van der Waals surface area contributed by atoms with Crippen LogP contribution in [0.3, 0.4) is 0 Å². The molecule has 5 heteroatoms. The fraction of sp³-hybridized carbons (Fsp3) is 0.462. The van der Waals surface area contributed by atoms with Crippen molar-refractivity contribution in [2.24, 2.45) is 0 Å². The highest BCUT2D eigenvalue weighted by molar-refractivity contribution is 5.74. The number of aliphatic hydroxyl groups is 1. The molecule has 0 aliphatic heterocycles. The van der Waals surface area contributed by atoms with Crippen molar-refractivity contribution in [1.29, 1.82) is 0 Å². The normalized spacial score (nSPS) is 21.4. The van der Waals surface area contributed by atoms with Gasteiger partial charge in [-0.05, 0) is 11.1 Å². The lowest BCUT2D eigenvalue weighted by Crippen LogP contribution is -2.41. The van der Waals surface area contributed by atoms with E-state index in [9.17, 15) is 9.90 Å². The second-order valence-corrected chi connectivity index (χ2v) is 4.34. The third-order valence-corrected chi connectivity index (χ3v) is 3.08. The number of rotatable bonds is 4. The summed E-state index contributed by atoms with van der Waals surface area (Å²) in [6.45, 7) is 0.921. The molecule has 0 saturated carbocycles. The maximum Gasteiger partial charge on any atom is 0.315 e. The molecule has 0 heterocycles. The summed E-state index contributed by atoms with van der Waals surface area (Å²) in [7, 11) is 1.58. The SMILES string of the molecule is COCCNC(=O)NC1c2ccccc2CC1O. The van der Waals surface area contributed by atoms with E-state index in [2.05, 4.69) is 10.6 Å². The van der Waals surface area contributed by atoms with E-state index < -0.39 is 6.10 Å². The van der Waals surface area contributed by atoms with E-state index in [1.807, 2.05) is 24.3 Å². The number of hydrogen-bond acceptors (Lipinski definition) is 3. The number of hydrogen-bond donors (Lipinski definition) is 3. The van der Waals surface area contributed by atoms with Crippen molar-refractivity contribution in [1.82, 2.24) is 10.6 Å². The molecule has 1 aliphatic rings. The van der Waals surface area contributed by atoms with Crippen LogP contribution < -0.4 is 10.6 Å². The van der Waals surface area contributed by atoms with Gasteiger partial charge >= 0.3 is 6.03 Å². The highest BCUT2D eigenvalue weighted by Crippen LogP contribution is 2.30. The summed E-state index contributed by atoms with van der Waals surface area (Å²) in [5, 5.41) is 15.4. The molecule has 2 rings (SSSR count). The minimum atomic E-state index is -0.560. The van der Waals surface area contributed by atoms with Crippen molar-refractivity contribution in [2.75, 3.05) is 20.3 Å². The molecule has 2 atom stereocenters. The van der Waals surface area contributed by atoms with Gasteiger partial charge in [-0.1, -0.05) is 24.3 Å². The Morgan fingerprint density at radius 2 is 2.28 bits per heavy atom. The summed E-state index contributed by atoms with van der Waals surface area (Å²) >= 11 is 0. The first-order valence-electron chi connectivity index (χ1n) is 6.01. The average molecular weight is 250 g/mol. The molecule has 1 aliphatic carbocycles. The van der Waals surface area contributed by atoms with E-state index in [1.165, 1.54) is 0 Å². The molecule has 0 spiro atoms. The van der Waals surface area contributed by atoms with Crippen LogP contribution in [0.2, 0.25) is 0 Å². The third-order valence-electron chi connectivity index (χ3n) is 3.08. The smallest absolute Gasteiger partial charge is 0.315 e. The Balaban J connectivity index is 1.95. The van der Waals surface area contributed by atoms with Crippen LogP contribution in [0.25, 0.3) is 0 Å². The molecular weight excluding hydrogens is 232 g/mol. The molecule has 18 heavy (non-hydrogen) atoms.